The summed E-state index contributed by atoms with van der Waals surface area (Å²) in [5, 5.41) is 2.73. The number of pyridine rings is 1. The first-order chi connectivity index (χ1) is 13.9. The molecule has 0 N–H and O–H groups in total. The minimum atomic E-state index is -3.59. The maximum atomic E-state index is 13.1. The Labute approximate surface area is 173 Å². The van der Waals surface area contributed by atoms with E-state index in [1.54, 1.807) is 17.2 Å². The minimum Gasteiger partial charge on any atom is -0.336 e. The average Bonchev–Trinajstić information content (AvgIpc) is 3.36. The molecule has 0 aromatic carbocycles. The van der Waals surface area contributed by atoms with Crippen LogP contribution in [0.15, 0.2) is 47.1 Å². The van der Waals surface area contributed by atoms with Crippen LogP contribution in [-0.4, -0.2) is 64.2 Å². The molecule has 1 fully saturated rings. The van der Waals surface area contributed by atoms with E-state index in [1.807, 2.05) is 29.9 Å². The van der Waals surface area contributed by atoms with Crippen LogP contribution in [0.3, 0.4) is 0 Å². The van der Waals surface area contributed by atoms with Crippen LogP contribution in [0.1, 0.15) is 21.7 Å². The first kappa shape index (κ1) is 19.7. The van der Waals surface area contributed by atoms with E-state index >= 15 is 0 Å². The molecular weight excluding hydrogens is 410 g/mol. The number of amides is 1. The van der Waals surface area contributed by atoms with Gasteiger partial charge in [0.05, 0.1) is 5.56 Å². The Hall–Kier alpha value is -2.56. The first-order valence-electron chi connectivity index (χ1n) is 9.18. The molecule has 0 bridgehead atoms. The molecule has 3 aromatic heterocycles. The van der Waals surface area contributed by atoms with Crippen molar-refractivity contribution in [2.75, 3.05) is 26.2 Å². The van der Waals surface area contributed by atoms with Crippen molar-refractivity contribution < 1.29 is 13.2 Å². The fourth-order valence-electron chi connectivity index (χ4n) is 3.55. The number of rotatable bonds is 4. The fraction of sp³-hybridized carbons (Fsp3) is 0.316. The number of piperazine rings is 1. The number of hydrogen-bond acceptors (Lipinski definition) is 6. The van der Waals surface area contributed by atoms with Crippen molar-refractivity contribution >= 4 is 27.3 Å². The molecule has 0 radical (unpaired) electrons. The van der Waals surface area contributed by atoms with Gasteiger partial charge in [-0.05, 0) is 32.0 Å². The molecule has 0 atom stereocenters. The van der Waals surface area contributed by atoms with E-state index in [4.69, 9.17) is 0 Å². The normalized spacial score (nSPS) is 15.6. The first-order valence-corrected chi connectivity index (χ1v) is 11.5. The highest BCUT2D eigenvalue weighted by Gasteiger charge is 2.31. The fourth-order valence-corrected chi connectivity index (χ4v) is 5.69. The lowest BCUT2D eigenvalue weighted by Gasteiger charge is -2.34. The number of nitrogens with zero attached hydrogens (tertiary/aromatic N) is 5. The van der Waals surface area contributed by atoms with Gasteiger partial charge in [0.2, 0.25) is 10.0 Å². The van der Waals surface area contributed by atoms with E-state index in [1.165, 1.54) is 34.1 Å². The number of thiazole rings is 1. The molecule has 3 aromatic rings. The van der Waals surface area contributed by atoms with Crippen molar-refractivity contribution in [3.63, 3.8) is 0 Å². The molecule has 29 heavy (non-hydrogen) atoms. The average molecular weight is 432 g/mol. The number of aryl methyl sites for hydroxylation is 1. The van der Waals surface area contributed by atoms with Gasteiger partial charge in [-0.1, -0.05) is 0 Å². The van der Waals surface area contributed by atoms with E-state index in [2.05, 4.69) is 9.97 Å². The van der Waals surface area contributed by atoms with Crippen LogP contribution in [0, 0.1) is 13.8 Å². The van der Waals surface area contributed by atoms with Crippen molar-refractivity contribution in [2.45, 2.75) is 18.7 Å². The van der Waals surface area contributed by atoms with Gasteiger partial charge in [-0.3, -0.25) is 14.3 Å². The van der Waals surface area contributed by atoms with Crippen LogP contribution >= 0.6 is 11.3 Å². The summed E-state index contributed by atoms with van der Waals surface area (Å²) in [5.74, 6) is -0.0840. The van der Waals surface area contributed by atoms with Crippen molar-refractivity contribution in [2.24, 2.45) is 0 Å². The summed E-state index contributed by atoms with van der Waals surface area (Å²) in [5.41, 5.74) is 2.41. The van der Waals surface area contributed by atoms with Crippen LogP contribution < -0.4 is 0 Å². The molecule has 0 unspecified atom stereocenters. The SMILES string of the molecule is Cc1cc(C(=O)N2CCN(S(=O)(=O)c3cccnc3)CC2)c(C)n1-c1nccs1. The number of carbonyl (C=O) groups excluding carboxylic acids is 1. The summed E-state index contributed by atoms with van der Waals surface area (Å²) in [6.07, 6.45) is 4.63. The number of carbonyl (C=O) groups is 1. The zero-order chi connectivity index (χ0) is 20.6. The van der Waals surface area contributed by atoms with Crippen LogP contribution in [0.4, 0.5) is 0 Å². The Balaban J connectivity index is 1.50. The Morgan fingerprint density at radius 3 is 2.52 bits per heavy atom. The lowest BCUT2D eigenvalue weighted by Crippen LogP contribution is -2.50. The molecule has 0 spiro atoms. The van der Waals surface area contributed by atoms with Gasteiger partial charge in [-0.2, -0.15) is 4.31 Å². The number of aromatic nitrogens is 3. The largest absolute Gasteiger partial charge is 0.336 e. The molecule has 1 saturated heterocycles. The molecule has 1 aliphatic heterocycles. The molecule has 8 nitrogen and oxygen atoms in total. The molecule has 4 heterocycles. The minimum absolute atomic E-state index is 0.0840. The summed E-state index contributed by atoms with van der Waals surface area (Å²) in [6.45, 7) is 5.06. The molecule has 1 aliphatic rings. The molecule has 0 saturated carbocycles. The van der Waals surface area contributed by atoms with Gasteiger partial charge in [0, 0.05) is 61.5 Å². The molecule has 10 heteroatoms. The Kier molecular flexibility index (Phi) is 5.24. The second-order valence-corrected chi connectivity index (χ2v) is 9.63. The predicted molar refractivity (Wildman–Crippen MR) is 110 cm³/mol. The number of hydrogen-bond donors (Lipinski definition) is 0. The summed E-state index contributed by atoms with van der Waals surface area (Å²) in [4.78, 5) is 23.2. The lowest BCUT2D eigenvalue weighted by atomic mass is 10.2. The van der Waals surface area contributed by atoms with Crippen LogP contribution in [0.2, 0.25) is 0 Å². The smallest absolute Gasteiger partial charge is 0.255 e. The molecule has 152 valence electrons. The zero-order valence-electron chi connectivity index (χ0n) is 16.1. The molecular formula is C19H21N5O3S2. The maximum Gasteiger partial charge on any atom is 0.255 e. The van der Waals surface area contributed by atoms with Gasteiger partial charge < -0.3 is 4.90 Å². The highest BCUT2D eigenvalue weighted by Crippen LogP contribution is 2.24. The molecule has 1 amide bonds. The lowest BCUT2D eigenvalue weighted by molar-refractivity contribution is 0.0697. The van der Waals surface area contributed by atoms with Gasteiger partial charge in [-0.15, -0.1) is 11.3 Å². The highest BCUT2D eigenvalue weighted by molar-refractivity contribution is 7.89. The van der Waals surface area contributed by atoms with Crippen LogP contribution in [0.5, 0.6) is 0 Å². The third-order valence-corrected chi connectivity index (χ3v) is 7.71. The van der Waals surface area contributed by atoms with E-state index in [0.29, 0.717) is 18.7 Å². The molecule has 0 aliphatic carbocycles. The number of sulfonamides is 1. The predicted octanol–water partition coefficient (Wildman–Crippen LogP) is 2.09. The summed E-state index contributed by atoms with van der Waals surface area (Å²) in [7, 11) is -3.59. The van der Waals surface area contributed by atoms with Crippen molar-refractivity contribution in [1.29, 1.82) is 0 Å². The van der Waals surface area contributed by atoms with E-state index in [0.717, 1.165) is 16.5 Å². The van der Waals surface area contributed by atoms with Gasteiger partial charge in [0.25, 0.3) is 5.91 Å². The second kappa shape index (κ2) is 7.69. The summed E-state index contributed by atoms with van der Waals surface area (Å²) < 4.78 is 28.9. The van der Waals surface area contributed by atoms with Gasteiger partial charge >= 0.3 is 0 Å². The third kappa shape index (κ3) is 3.59. The zero-order valence-corrected chi connectivity index (χ0v) is 17.8. The van der Waals surface area contributed by atoms with E-state index in [9.17, 15) is 13.2 Å². The van der Waals surface area contributed by atoms with Crippen molar-refractivity contribution in [3.8, 4) is 5.13 Å². The quantitative estimate of drug-likeness (QED) is 0.631. The monoisotopic (exact) mass is 431 g/mol. The topological polar surface area (TPSA) is 88.4 Å². The Morgan fingerprint density at radius 1 is 1.14 bits per heavy atom. The van der Waals surface area contributed by atoms with Crippen LogP contribution in [0.25, 0.3) is 5.13 Å². The van der Waals surface area contributed by atoms with Crippen LogP contribution in [-0.2, 0) is 10.0 Å². The Bertz CT molecular complexity index is 1120. The second-order valence-electron chi connectivity index (χ2n) is 6.82. The van der Waals surface area contributed by atoms with Gasteiger partial charge in [0.15, 0.2) is 5.13 Å². The third-order valence-electron chi connectivity index (χ3n) is 5.07. The van der Waals surface area contributed by atoms with Gasteiger partial charge in [-0.25, -0.2) is 13.4 Å². The van der Waals surface area contributed by atoms with E-state index < -0.39 is 10.0 Å². The Morgan fingerprint density at radius 2 is 1.90 bits per heavy atom. The van der Waals surface area contributed by atoms with Crippen molar-refractivity contribution in [1.82, 2.24) is 23.7 Å². The summed E-state index contributed by atoms with van der Waals surface area (Å²) in [6, 6.07) is 5.01. The van der Waals surface area contributed by atoms with Gasteiger partial charge in [0.1, 0.15) is 4.90 Å². The summed E-state index contributed by atoms with van der Waals surface area (Å²) >= 11 is 1.51. The molecule has 4 rings (SSSR count). The maximum absolute atomic E-state index is 13.1. The highest BCUT2D eigenvalue weighted by atomic mass is 32.2. The van der Waals surface area contributed by atoms with E-state index in [-0.39, 0.29) is 23.9 Å². The standard InChI is InChI=1S/C19H21N5O3S2/c1-14-12-17(15(2)24(14)19-21-6-11-28-19)18(25)22-7-9-23(10-8-22)29(26,27)16-4-3-5-20-13-16/h3-6,11-13H,7-10H2,1-2H3. The van der Waals surface area contributed by atoms with Crippen molar-refractivity contribution in [3.05, 3.63) is 59.1 Å².